The average molecular weight is 280 g/mol. The van der Waals surface area contributed by atoms with Crippen molar-refractivity contribution >= 4 is 5.97 Å². The van der Waals surface area contributed by atoms with Crippen LogP contribution < -0.4 is 5.32 Å². The summed E-state index contributed by atoms with van der Waals surface area (Å²) in [5, 5.41) is 7.81. The number of carbonyl (C=O) groups excluding carboxylic acids is 1. The van der Waals surface area contributed by atoms with E-state index in [-0.39, 0.29) is 5.97 Å². The number of aryl methyl sites for hydroxylation is 2. The van der Waals surface area contributed by atoms with E-state index < -0.39 is 5.54 Å². The fourth-order valence-corrected chi connectivity index (χ4v) is 2.69. The second-order valence-electron chi connectivity index (χ2n) is 5.53. The fraction of sp³-hybridized carbons (Fsp3) is 0.786. The lowest BCUT2D eigenvalue weighted by Crippen LogP contribution is -2.58. The highest BCUT2D eigenvalue weighted by Gasteiger charge is 2.52. The van der Waals surface area contributed by atoms with Gasteiger partial charge in [-0.3, -0.25) is 0 Å². The molecule has 1 atom stereocenters. The Morgan fingerprint density at radius 1 is 1.50 bits per heavy atom. The minimum Gasteiger partial charge on any atom is -0.468 e. The van der Waals surface area contributed by atoms with Gasteiger partial charge >= 0.3 is 5.97 Å². The normalized spacial score (nSPS) is 17.8. The van der Waals surface area contributed by atoms with Gasteiger partial charge in [0.05, 0.1) is 13.7 Å². The minimum atomic E-state index is -0.671. The van der Waals surface area contributed by atoms with E-state index in [1.165, 1.54) is 7.11 Å². The zero-order valence-corrected chi connectivity index (χ0v) is 12.8. The van der Waals surface area contributed by atoms with Gasteiger partial charge in [-0.1, -0.05) is 6.92 Å². The van der Waals surface area contributed by atoms with Crippen molar-refractivity contribution < 1.29 is 9.53 Å². The molecule has 0 saturated heterocycles. The standard InChI is InChI=1S/C14H24N4O2/c1-5-8-15-14(12-6-7-12,13(19)20-4)9-18-11(3)16-10(2)17-18/h12,15H,5-9H2,1-4H3. The van der Waals surface area contributed by atoms with Crippen LogP contribution in [0.3, 0.4) is 0 Å². The van der Waals surface area contributed by atoms with Crippen LogP contribution in [0.2, 0.25) is 0 Å². The SMILES string of the molecule is CCCNC(Cn1nc(C)nc1C)(C(=O)OC)C1CC1. The van der Waals surface area contributed by atoms with E-state index >= 15 is 0 Å². The van der Waals surface area contributed by atoms with Crippen LogP contribution in [0.15, 0.2) is 0 Å². The van der Waals surface area contributed by atoms with Gasteiger partial charge in [-0.25, -0.2) is 14.5 Å². The molecule has 1 fully saturated rings. The number of nitrogens with zero attached hydrogens (tertiary/aromatic N) is 3. The molecular formula is C14H24N4O2. The van der Waals surface area contributed by atoms with Crippen LogP contribution in [0.25, 0.3) is 0 Å². The van der Waals surface area contributed by atoms with E-state index in [2.05, 4.69) is 22.3 Å². The van der Waals surface area contributed by atoms with Crippen LogP contribution in [0.1, 0.15) is 37.8 Å². The quantitative estimate of drug-likeness (QED) is 0.760. The topological polar surface area (TPSA) is 69.0 Å². The highest BCUT2D eigenvalue weighted by atomic mass is 16.5. The zero-order chi connectivity index (χ0) is 14.8. The van der Waals surface area contributed by atoms with Crippen LogP contribution in [0, 0.1) is 19.8 Å². The number of hydrogen-bond donors (Lipinski definition) is 1. The smallest absolute Gasteiger partial charge is 0.328 e. The summed E-state index contributed by atoms with van der Waals surface area (Å²) >= 11 is 0. The maximum Gasteiger partial charge on any atom is 0.328 e. The predicted molar refractivity (Wildman–Crippen MR) is 75.3 cm³/mol. The second kappa shape index (κ2) is 5.91. The maximum absolute atomic E-state index is 12.4. The Morgan fingerprint density at radius 3 is 2.65 bits per heavy atom. The third-order valence-electron chi connectivity index (χ3n) is 3.88. The first-order chi connectivity index (χ1) is 9.53. The number of carbonyl (C=O) groups is 1. The molecule has 1 N–H and O–H groups in total. The van der Waals surface area contributed by atoms with Crippen molar-refractivity contribution in [2.75, 3.05) is 13.7 Å². The maximum atomic E-state index is 12.4. The number of ether oxygens (including phenoxy) is 1. The van der Waals surface area contributed by atoms with Crippen molar-refractivity contribution in [2.24, 2.45) is 5.92 Å². The third kappa shape index (κ3) is 2.85. The lowest BCUT2D eigenvalue weighted by Gasteiger charge is -2.32. The first-order valence-corrected chi connectivity index (χ1v) is 7.25. The highest BCUT2D eigenvalue weighted by Crippen LogP contribution is 2.41. The number of esters is 1. The number of aromatic nitrogens is 3. The summed E-state index contributed by atoms with van der Waals surface area (Å²) < 4.78 is 6.88. The molecule has 0 bridgehead atoms. The Balaban J connectivity index is 2.29. The largest absolute Gasteiger partial charge is 0.468 e. The van der Waals surface area contributed by atoms with Gasteiger partial charge in [0.15, 0.2) is 0 Å². The molecule has 112 valence electrons. The van der Waals surface area contributed by atoms with Crippen molar-refractivity contribution in [3.05, 3.63) is 11.6 Å². The molecule has 6 heteroatoms. The van der Waals surface area contributed by atoms with Gasteiger partial charge in [0.2, 0.25) is 0 Å². The van der Waals surface area contributed by atoms with Gasteiger partial charge in [-0.05, 0) is 45.6 Å². The van der Waals surface area contributed by atoms with E-state index in [9.17, 15) is 4.79 Å². The number of rotatable bonds is 7. The monoisotopic (exact) mass is 280 g/mol. The van der Waals surface area contributed by atoms with E-state index in [4.69, 9.17) is 4.74 Å². The van der Waals surface area contributed by atoms with Gasteiger partial charge in [0.1, 0.15) is 17.2 Å². The molecule has 0 aromatic carbocycles. The molecule has 1 aliphatic carbocycles. The summed E-state index contributed by atoms with van der Waals surface area (Å²) in [5.74, 6) is 1.69. The van der Waals surface area contributed by atoms with Crippen molar-refractivity contribution in [3.63, 3.8) is 0 Å². The summed E-state index contributed by atoms with van der Waals surface area (Å²) in [6, 6.07) is 0. The molecule has 20 heavy (non-hydrogen) atoms. The molecule has 2 rings (SSSR count). The summed E-state index contributed by atoms with van der Waals surface area (Å²) in [5.41, 5.74) is -0.671. The molecule has 0 radical (unpaired) electrons. The molecule has 1 aromatic rings. The molecule has 1 saturated carbocycles. The number of hydrogen-bond acceptors (Lipinski definition) is 5. The van der Waals surface area contributed by atoms with Crippen LogP contribution in [0.5, 0.6) is 0 Å². The molecular weight excluding hydrogens is 256 g/mol. The zero-order valence-electron chi connectivity index (χ0n) is 12.8. The molecule has 0 aliphatic heterocycles. The van der Waals surface area contributed by atoms with Crippen molar-refractivity contribution in [2.45, 2.75) is 52.1 Å². The Hall–Kier alpha value is -1.43. The lowest BCUT2D eigenvalue weighted by molar-refractivity contribution is -0.150. The summed E-state index contributed by atoms with van der Waals surface area (Å²) in [7, 11) is 1.45. The molecule has 1 heterocycles. The summed E-state index contributed by atoms with van der Waals surface area (Å²) in [6.45, 7) is 7.14. The van der Waals surface area contributed by atoms with Crippen molar-refractivity contribution in [3.8, 4) is 0 Å². The fourth-order valence-electron chi connectivity index (χ4n) is 2.69. The molecule has 1 unspecified atom stereocenters. The van der Waals surface area contributed by atoms with Gasteiger partial charge in [-0.2, -0.15) is 5.10 Å². The van der Waals surface area contributed by atoms with Crippen LogP contribution in [-0.2, 0) is 16.1 Å². The molecule has 1 aromatic heterocycles. The van der Waals surface area contributed by atoms with Gasteiger partial charge < -0.3 is 10.1 Å². The van der Waals surface area contributed by atoms with Crippen LogP contribution in [-0.4, -0.2) is 39.9 Å². The third-order valence-corrected chi connectivity index (χ3v) is 3.88. The number of methoxy groups -OCH3 is 1. The van der Waals surface area contributed by atoms with Crippen LogP contribution >= 0.6 is 0 Å². The van der Waals surface area contributed by atoms with Gasteiger partial charge in [-0.15, -0.1) is 0 Å². The van der Waals surface area contributed by atoms with E-state index in [1.807, 2.05) is 18.5 Å². The summed E-state index contributed by atoms with van der Waals surface area (Å²) in [4.78, 5) is 16.7. The van der Waals surface area contributed by atoms with Crippen LogP contribution in [0.4, 0.5) is 0 Å². The minimum absolute atomic E-state index is 0.194. The molecule has 0 amide bonds. The summed E-state index contributed by atoms with van der Waals surface area (Å²) in [6.07, 6.45) is 3.08. The first-order valence-electron chi connectivity index (χ1n) is 7.25. The van der Waals surface area contributed by atoms with E-state index in [1.54, 1.807) is 0 Å². The lowest BCUT2D eigenvalue weighted by atomic mass is 9.92. The average Bonchev–Trinajstić information content (AvgIpc) is 3.21. The Bertz CT molecular complexity index is 482. The second-order valence-corrected chi connectivity index (χ2v) is 5.53. The molecule has 1 aliphatic rings. The first kappa shape index (κ1) is 15.0. The van der Waals surface area contributed by atoms with E-state index in [0.717, 1.165) is 37.5 Å². The predicted octanol–water partition coefficient (Wildman–Crippen LogP) is 1.22. The Labute approximate surface area is 119 Å². The van der Waals surface area contributed by atoms with E-state index in [0.29, 0.717) is 12.5 Å². The van der Waals surface area contributed by atoms with Gasteiger partial charge in [0, 0.05) is 0 Å². The molecule has 6 nitrogen and oxygen atoms in total. The number of nitrogens with one attached hydrogen (secondary N) is 1. The Morgan fingerprint density at radius 2 is 2.20 bits per heavy atom. The van der Waals surface area contributed by atoms with Gasteiger partial charge in [0.25, 0.3) is 0 Å². The Kier molecular flexibility index (Phi) is 4.42. The van der Waals surface area contributed by atoms with Crippen molar-refractivity contribution in [1.29, 1.82) is 0 Å². The van der Waals surface area contributed by atoms with Crippen molar-refractivity contribution in [1.82, 2.24) is 20.1 Å². The highest BCUT2D eigenvalue weighted by molar-refractivity contribution is 5.81. The molecule has 0 spiro atoms.